The molecule has 1 aromatic heterocycles. The Morgan fingerprint density at radius 1 is 1.18 bits per heavy atom. The van der Waals surface area contributed by atoms with Crippen LogP contribution in [0.4, 0.5) is 5.69 Å². The average molecular weight is 300 g/mol. The van der Waals surface area contributed by atoms with E-state index >= 15 is 0 Å². The molecule has 0 saturated heterocycles. The number of methoxy groups -OCH3 is 1. The summed E-state index contributed by atoms with van der Waals surface area (Å²) in [5.74, 6) is -0.515. The van der Waals surface area contributed by atoms with Crippen LogP contribution < -0.4 is 10.1 Å². The lowest BCUT2D eigenvalue weighted by Gasteiger charge is -2.15. The van der Waals surface area contributed by atoms with Gasteiger partial charge in [-0.05, 0) is 31.2 Å². The number of esters is 1. The standard InChI is InChI=1S/C16H16N2O4/c1-11(22-16(20)12-6-5-9-17-10-12)15(19)18-13-7-3-4-8-14(13)21-2/h3-11H,1-2H3,(H,18,19)/t11-/m1/s1. The van der Waals surface area contributed by atoms with Crippen molar-refractivity contribution in [3.8, 4) is 5.75 Å². The average Bonchev–Trinajstić information content (AvgIpc) is 2.56. The Morgan fingerprint density at radius 3 is 2.64 bits per heavy atom. The Hall–Kier alpha value is -2.89. The number of carbonyl (C=O) groups is 2. The molecule has 22 heavy (non-hydrogen) atoms. The zero-order valence-corrected chi connectivity index (χ0v) is 12.3. The molecule has 0 unspecified atom stereocenters. The summed E-state index contributed by atoms with van der Waals surface area (Å²) in [6.45, 7) is 1.50. The van der Waals surface area contributed by atoms with Gasteiger partial charge in [-0.2, -0.15) is 0 Å². The first-order valence-corrected chi connectivity index (χ1v) is 6.66. The summed E-state index contributed by atoms with van der Waals surface area (Å²) in [5.41, 5.74) is 0.804. The lowest BCUT2D eigenvalue weighted by Crippen LogP contribution is -2.30. The highest BCUT2D eigenvalue weighted by Crippen LogP contribution is 2.23. The third kappa shape index (κ3) is 3.82. The molecule has 6 nitrogen and oxygen atoms in total. The molecule has 2 aromatic rings. The first kappa shape index (κ1) is 15.5. The topological polar surface area (TPSA) is 77.5 Å². The number of anilines is 1. The van der Waals surface area contributed by atoms with Gasteiger partial charge in [0.25, 0.3) is 5.91 Å². The number of rotatable bonds is 5. The molecule has 0 fully saturated rings. The van der Waals surface area contributed by atoms with E-state index in [0.29, 0.717) is 17.0 Å². The van der Waals surface area contributed by atoms with E-state index in [1.807, 2.05) is 0 Å². The molecule has 1 aromatic carbocycles. The van der Waals surface area contributed by atoms with Gasteiger partial charge in [0.15, 0.2) is 6.10 Å². The SMILES string of the molecule is COc1ccccc1NC(=O)[C@@H](C)OC(=O)c1cccnc1. The van der Waals surface area contributed by atoms with Crippen LogP contribution in [0, 0.1) is 0 Å². The number of carbonyl (C=O) groups excluding carboxylic acids is 2. The summed E-state index contributed by atoms with van der Waals surface area (Å²) in [4.78, 5) is 27.8. The van der Waals surface area contributed by atoms with Crippen molar-refractivity contribution >= 4 is 17.6 Å². The zero-order valence-electron chi connectivity index (χ0n) is 12.3. The fourth-order valence-corrected chi connectivity index (χ4v) is 1.75. The van der Waals surface area contributed by atoms with Crippen molar-refractivity contribution in [1.29, 1.82) is 0 Å². The van der Waals surface area contributed by atoms with Gasteiger partial charge in [0.2, 0.25) is 0 Å². The largest absolute Gasteiger partial charge is 0.495 e. The molecule has 0 saturated carbocycles. The molecule has 114 valence electrons. The summed E-state index contributed by atoms with van der Waals surface area (Å²) < 4.78 is 10.3. The lowest BCUT2D eigenvalue weighted by molar-refractivity contribution is -0.123. The highest BCUT2D eigenvalue weighted by Gasteiger charge is 2.20. The van der Waals surface area contributed by atoms with Gasteiger partial charge in [0.1, 0.15) is 5.75 Å². The molecule has 1 N–H and O–H groups in total. The highest BCUT2D eigenvalue weighted by atomic mass is 16.5. The second kappa shape index (κ2) is 7.21. The predicted molar refractivity (Wildman–Crippen MR) is 80.7 cm³/mol. The van der Waals surface area contributed by atoms with E-state index in [9.17, 15) is 9.59 Å². The fourth-order valence-electron chi connectivity index (χ4n) is 1.75. The maximum Gasteiger partial charge on any atom is 0.340 e. The van der Waals surface area contributed by atoms with Gasteiger partial charge in [-0.1, -0.05) is 12.1 Å². The number of pyridine rings is 1. The van der Waals surface area contributed by atoms with Crippen LogP contribution in [-0.4, -0.2) is 30.1 Å². The molecule has 0 bridgehead atoms. The summed E-state index contributed by atoms with van der Waals surface area (Å²) in [6.07, 6.45) is 1.99. The Balaban J connectivity index is 1.99. The van der Waals surface area contributed by atoms with E-state index in [-0.39, 0.29) is 0 Å². The van der Waals surface area contributed by atoms with E-state index in [2.05, 4.69) is 10.3 Å². The molecule has 1 heterocycles. The summed E-state index contributed by atoms with van der Waals surface area (Å²) >= 11 is 0. The normalized spacial score (nSPS) is 11.4. The summed E-state index contributed by atoms with van der Waals surface area (Å²) in [6, 6.07) is 10.2. The molecule has 6 heteroatoms. The van der Waals surface area contributed by atoms with Crippen molar-refractivity contribution < 1.29 is 19.1 Å². The number of para-hydroxylation sites is 2. The van der Waals surface area contributed by atoms with E-state index < -0.39 is 18.0 Å². The molecule has 0 radical (unpaired) electrons. The van der Waals surface area contributed by atoms with Crippen LogP contribution in [0.3, 0.4) is 0 Å². The van der Waals surface area contributed by atoms with Gasteiger partial charge >= 0.3 is 5.97 Å². The second-order valence-corrected chi connectivity index (χ2v) is 4.48. The van der Waals surface area contributed by atoms with E-state index in [1.54, 1.807) is 42.6 Å². The highest BCUT2D eigenvalue weighted by molar-refractivity contribution is 5.98. The quantitative estimate of drug-likeness (QED) is 0.857. The number of aromatic nitrogens is 1. The Kier molecular flexibility index (Phi) is 5.08. The molecule has 2 rings (SSSR count). The van der Waals surface area contributed by atoms with Gasteiger partial charge in [-0.15, -0.1) is 0 Å². The van der Waals surface area contributed by atoms with Gasteiger partial charge in [0, 0.05) is 12.4 Å². The minimum absolute atomic E-state index is 0.291. The lowest BCUT2D eigenvalue weighted by atomic mass is 10.2. The number of nitrogens with zero attached hydrogens (tertiary/aromatic N) is 1. The number of amides is 1. The van der Waals surface area contributed by atoms with Crippen molar-refractivity contribution in [2.24, 2.45) is 0 Å². The molecule has 0 aliphatic carbocycles. The van der Waals surface area contributed by atoms with Gasteiger partial charge < -0.3 is 14.8 Å². The number of hydrogen-bond acceptors (Lipinski definition) is 5. The monoisotopic (exact) mass is 300 g/mol. The van der Waals surface area contributed by atoms with Crippen LogP contribution >= 0.6 is 0 Å². The second-order valence-electron chi connectivity index (χ2n) is 4.48. The van der Waals surface area contributed by atoms with Crippen LogP contribution in [0.25, 0.3) is 0 Å². The first-order chi connectivity index (χ1) is 10.6. The van der Waals surface area contributed by atoms with Gasteiger partial charge in [-0.3, -0.25) is 9.78 Å². The third-order valence-corrected chi connectivity index (χ3v) is 2.92. The summed E-state index contributed by atoms with van der Waals surface area (Å²) in [7, 11) is 1.51. The van der Waals surface area contributed by atoms with E-state index in [0.717, 1.165) is 0 Å². The number of hydrogen-bond donors (Lipinski definition) is 1. The smallest absolute Gasteiger partial charge is 0.340 e. The Bertz CT molecular complexity index is 658. The van der Waals surface area contributed by atoms with Crippen molar-refractivity contribution in [1.82, 2.24) is 4.98 Å². The maximum absolute atomic E-state index is 12.1. The molecule has 1 amide bonds. The number of nitrogens with one attached hydrogen (secondary N) is 1. The van der Waals surface area contributed by atoms with Crippen LogP contribution in [0.15, 0.2) is 48.8 Å². The molecular formula is C16H16N2O4. The molecule has 1 atom stereocenters. The van der Waals surface area contributed by atoms with Gasteiger partial charge in [-0.25, -0.2) is 4.79 Å². The van der Waals surface area contributed by atoms with Crippen molar-refractivity contribution in [2.45, 2.75) is 13.0 Å². The van der Waals surface area contributed by atoms with Crippen LogP contribution in [0.2, 0.25) is 0 Å². The molecular weight excluding hydrogens is 284 g/mol. The first-order valence-electron chi connectivity index (χ1n) is 6.66. The predicted octanol–water partition coefficient (Wildman–Crippen LogP) is 2.27. The Morgan fingerprint density at radius 2 is 1.95 bits per heavy atom. The minimum atomic E-state index is -0.947. The third-order valence-electron chi connectivity index (χ3n) is 2.92. The van der Waals surface area contributed by atoms with Crippen molar-refractivity contribution in [3.63, 3.8) is 0 Å². The minimum Gasteiger partial charge on any atom is -0.495 e. The van der Waals surface area contributed by atoms with Crippen LogP contribution in [-0.2, 0) is 9.53 Å². The zero-order chi connectivity index (χ0) is 15.9. The molecule has 0 aliphatic rings. The molecule has 0 aliphatic heterocycles. The van der Waals surface area contributed by atoms with Crippen LogP contribution in [0.1, 0.15) is 17.3 Å². The van der Waals surface area contributed by atoms with E-state index in [4.69, 9.17) is 9.47 Å². The van der Waals surface area contributed by atoms with E-state index in [1.165, 1.54) is 20.2 Å². The fraction of sp³-hybridized carbons (Fsp3) is 0.188. The number of ether oxygens (including phenoxy) is 2. The number of benzene rings is 1. The maximum atomic E-state index is 12.1. The van der Waals surface area contributed by atoms with Crippen molar-refractivity contribution in [2.75, 3.05) is 12.4 Å². The Labute approximate surface area is 128 Å². The van der Waals surface area contributed by atoms with Crippen LogP contribution in [0.5, 0.6) is 5.75 Å². The molecule has 0 spiro atoms. The summed E-state index contributed by atoms with van der Waals surface area (Å²) in [5, 5.41) is 2.66. The van der Waals surface area contributed by atoms with Gasteiger partial charge in [0.05, 0.1) is 18.4 Å². The van der Waals surface area contributed by atoms with Crippen molar-refractivity contribution in [3.05, 3.63) is 54.4 Å².